The lowest BCUT2D eigenvalue weighted by atomic mass is 9.95. The smallest absolute Gasteiger partial charge is 0.00975 e. The van der Waals surface area contributed by atoms with Gasteiger partial charge in [0.1, 0.15) is 0 Å². The van der Waals surface area contributed by atoms with E-state index in [9.17, 15) is 0 Å². The van der Waals surface area contributed by atoms with Gasteiger partial charge >= 0.3 is 0 Å². The van der Waals surface area contributed by atoms with Crippen molar-refractivity contribution < 1.29 is 0 Å². The standard InChI is InChI=1S/C16H33N3/c1-16(2,17)8-5-11-18-12-6-15(7-13-18)14-19-9-3-4-10-19/h15H,3-14,17H2,1-2H3. The number of hydrogen-bond donors (Lipinski definition) is 1. The highest BCUT2D eigenvalue weighted by atomic mass is 15.2. The highest BCUT2D eigenvalue weighted by molar-refractivity contribution is 4.78. The molecule has 2 rings (SSSR count). The summed E-state index contributed by atoms with van der Waals surface area (Å²) in [5, 5.41) is 0. The Kier molecular flexibility index (Phi) is 5.67. The zero-order valence-electron chi connectivity index (χ0n) is 13.0. The normalized spacial score (nSPS) is 24.2. The molecule has 19 heavy (non-hydrogen) atoms. The highest BCUT2D eigenvalue weighted by Crippen LogP contribution is 2.21. The topological polar surface area (TPSA) is 32.5 Å². The van der Waals surface area contributed by atoms with Crippen LogP contribution in [0.3, 0.4) is 0 Å². The third-order valence-corrected chi connectivity index (χ3v) is 4.72. The van der Waals surface area contributed by atoms with Gasteiger partial charge in [0.05, 0.1) is 0 Å². The second-order valence-electron chi connectivity index (χ2n) is 7.38. The first-order valence-corrected chi connectivity index (χ1v) is 8.26. The minimum atomic E-state index is 0.00801. The molecule has 0 unspecified atom stereocenters. The van der Waals surface area contributed by atoms with Crippen LogP contribution in [0.4, 0.5) is 0 Å². The van der Waals surface area contributed by atoms with Crippen LogP contribution in [-0.2, 0) is 0 Å². The molecule has 0 aliphatic carbocycles. The molecule has 2 aliphatic heterocycles. The summed E-state index contributed by atoms with van der Waals surface area (Å²) in [4.78, 5) is 5.32. The molecule has 2 saturated heterocycles. The van der Waals surface area contributed by atoms with Crippen LogP contribution in [0.1, 0.15) is 52.4 Å². The Morgan fingerprint density at radius 3 is 2.21 bits per heavy atom. The van der Waals surface area contributed by atoms with Gasteiger partial charge < -0.3 is 15.5 Å². The van der Waals surface area contributed by atoms with Gasteiger partial charge in [0.2, 0.25) is 0 Å². The van der Waals surface area contributed by atoms with Crippen molar-refractivity contribution in [3.05, 3.63) is 0 Å². The monoisotopic (exact) mass is 267 g/mol. The molecule has 0 radical (unpaired) electrons. The lowest BCUT2D eigenvalue weighted by molar-refractivity contribution is 0.150. The Bertz CT molecular complexity index is 245. The quantitative estimate of drug-likeness (QED) is 0.801. The van der Waals surface area contributed by atoms with Crippen molar-refractivity contribution in [3.8, 4) is 0 Å². The van der Waals surface area contributed by atoms with Crippen molar-refractivity contribution in [3.63, 3.8) is 0 Å². The lowest BCUT2D eigenvalue weighted by Crippen LogP contribution is -2.39. The lowest BCUT2D eigenvalue weighted by Gasteiger charge is -2.34. The molecule has 0 atom stereocenters. The van der Waals surface area contributed by atoms with Crippen LogP contribution in [0.2, 0.25) is 0 Å². The SMILES string of the molecule is CC(C)(N)CCCN1CCC(CN2CCCC2)CC1. The first kappa shape index (κ1) is 15.3. The fourth-order valence-electron chi connectivity index (χ4n) is 3.48. The van der Waals surface area contributed by atoms with Crippen LogP contribution in [0.25, 0.3) is 0 Å². The fraction of sp³-hybridized carbons (Fsp3) is 1.00. The predicted molar refractivity (Wildman–Crippen MR) is 82.3 cm³/mol. The van der Waals surface area contributed by atoms with E-state index in [-0.39, 0.29) is 5.54 Å². The number of rotatable bonds is 6. The molecule has 2 fully saturated rings. The average Bonchev–Trinajstić information content (AvgIpc) is 2.83. The second-order valence-corrected chi connectivity index (χ2v) is 7.38. The van der Waals surface area contributed by atoms with E-state index in [1.54, 1.807) is 0 Å². The minimum absolute atomic E-state index is 0.00801. The second kappa shape index (κ2) is 7.05. The van der Waals surface area contributed by atoms with Gasteiger partial charge in [-0.3, -0.25) is 0 Å². The Morgan fingerprint density at radius 1 is 1.00 bits per heavy atom. The molecule has 2 N–H and O–H groups in total. The molecular weight excluding hydrogens is 234 g/mol. The molecule has 3 heteroatoms. The van der Waals surface area contributed by atoms with Crippen molar-refractivity contribution >= 4 is 0 Å². The molecular formula is C16H33N3. The summed E-state index contributed by atoms with van der Waals surface area (Å²) in [6, 6.07) is 0. The minimum Gasteiger partial charge on any atom is -0.326 e. The van der Waals surface area contributed by atoms with Gasteiger partial charge in [0.25, 0.3) is 0 Å². The number of hydrogen-bond acceptors (Lipinski definition) is 3. The fourth-order valence-corrected chi connectivity index (χ4v) is 3.48. The Labute approximate surface area is 119 Å². The van der Waals surface area contributed by atoms with Gasteiger partial charge in [-0.2, -0.15) is 0 Å². The maximum atomic E-state index is 6.04. The van der Waals surface area contributed by atoms with E-state index in [1.807, 2.05) is 0 Å². The molecule has 0 bridgehead atoms. The summed E-state index contributed by atoms with van der Waals surface area (Å²) < 4.78 is 0. The van der Waals surface area contributed by atoms with E-state index < -0.39 is 0 Å². The van der Waals surface area contributed by atoms with Crippen molar-refractivity contribution in [2.24, 2.45) is 11.7 Å². The molecule has 0 aromatic rings. The first-order chi connectivity index (χ1) is 9.03. The van der Waals surface area contributed by atoms with Crippen molar-refractivity contribution in [1.29, 1.82) is 0 Å². The molecule has 0 aromatic heterocycles. The number of nitrogens with zero attached hydrogens (tertiary/aromatic N) is 2. The summed E-state index contributed by atoms with van der Waals surface area (Å²) >= 11 is 0. The highest BCUT2D eigenvalue weighted by Gasteiger charge is 2.22. The van der Waals surface area contributed by atoms with E-state index in [4.69, 9.17) is 5.73 Å². The Balaban J connectivity index is 1.57. The van der Waals surface area contributed by atoms with Crippen molar-refractivity contribution in [1.82, 2.24) is 9.80 Å². The number of piperidine rings is 1. The maximum absolute atomic E-state index is 6.04. The Morgan fingerprint density at radius 2 is 1.63 bits per heavy atom. The largest absolute Gasteiger partial charge is 0.326 e. The van der Waals surface area contributed by atoms with E-state index in [2.05, 4.69) is 23.6 Å². The zero-order chi connectivity index (χ0) is 13.7. The predicted octanol–water partition coefficient (Wildman–Crippen LogP) is 2.31. The molecule has 0 amide bonds. The molecule has 112 valence electrons. The summed E-state index contributed by atoms with van der Waals surface area (Å²) in [6.45, 7) is 12.2. The van der Waals surface area contributed by atoms with Crippen LogP contribution in [0, 0.1) is 5.92 Å². The van der Waals surface area contributed by atoms with Crippen LogP contribution < -0.4 is 5.73 Å². The molecule has 0 saturated carbocycles. The first-order valence-electron chi connectivity index (χ1n) is 8.26. The van der Waals surface area contributed by atoms with Gasteiger partial charge in [-0.1, -0.05) is 0 Å². The zero-order valence-corrected chi connectivity index (χ0v) is 13.0. The summed E-state index contributed by atoms with van der Waals surface area (Å²) in [6.07, 6.45) is 8.05. The van der Waals surface area contributed by atoms with Gasteiger partial charge in [-0.25, -0.2) is 0 Å². The molecule has 2 heterocycles. The van der Waals surface area contributed by atoms with Gasteiger partial charge in [0, 0.05) is 12.1 Å². The summed E-state index contributed by atoms with van der Waals surface area (Å²) in [5.74, 6) is 0.959. The third kappa shape index (κ3) is 5.80. The summed E-state index contributed by atoms with van der Waals surface area (Å²) in [7, 11) is 0. The third-order valence-electron chi connectivity index (χ3n) is 4.72. The van der Waals surface area contributed by atoms with Crippen LogP contribution >= 0.6 is 0 Å². The molecule has 2 aliphatic rings. The van der Waals surface area contributed by atoms with Crippen LogP contribution in [0.5, 0.6) is 0 Å². The molecule has 0 aromatic carbocycles. The van der Waals surface area contributed by atoms with Gasteiger partial charge in [-0.05, 0) is 91.0 Å². The summed E-state index contributed by atoms with van der Waals surface area (Å²) in [5.41, 5.74) is 6.05. The molecule has 0 spiro atoms. The van der Waals surface area contributed by atoms with E-state index in [0.717, 1.165) is 12.3 Å². The van der Waals surface area contributed by atoms with Gasteiger partial charge in [0.15, 0.2) is 0 Å². The van der Waals surface area contributed by atoms with Gasteiger partial charge in [-0.15, -0.1) is 0 Å². The van der Waals surface area contributed by atoms with Crippen LogP contribution in [-0.4, -0.2) is 54.6 Å². The number of nitrogens with two attached hydrogens (primary N) is 1. The average molecular weight is 267 g/mol. The van der Waals surface area contributed by atoms with Crippen molar-refractivity contribution in [2.75, 3.05) is 39.3 Å². The van der Waals surface area contributed by atoms with E-state index in [0.29, 0.717) is 0 Å². The van der Waals surface area contributed by atoms with Crippen molar-refractivity contribution in [2.45, 2.75) is 57.9 Å². The van der Waals surface area contributed by atoms with Crippen LogP contribution in [0.15, 0.2) is 0 Å². The number of likely N-dealkylation sites (tertiary alicyclic amines) is 2. The molecule has 3 nitrogen and oxygen atoms in total. The Hall–Kier alpha value is -0.120. The maximum Gasteiger partial charge on any atom is 0.00975 e. The van der Waals surface area contributed by atoms with E-state index in [1.165, 1.54) is 71.4 Å². The van der Waals surface area contributed by atoms with E-state index >= 15 is 0 Å².